The average Bonchev–Trinajstić information content (AvgIpc) is 3.25. The van der Waals surface area contributed by atoms with Crippen molar-refractivity contribution in [3.8, 4) is 0 Å². The highest BCUT2D eigenvalue weighted by Gasteiger charge is 2.52. The number of para-hydroxylation sites is 2. The number of carbonyl (C=O) groups is 2. The minimum absolute atomic E-state index is 0.0166. The van der Waals surface area contributed by atoms with Crippen LogP contribution in [0.4, 0.5) is 0 Å². The van der Waals surface area contributed by atoms with Crippen LogP contribution in [0.5, 0.6) is 0 Å². The van der Waals surface area contributed by atoms with Crippen LogP contribution < -0.4 is 0 Å². The molecule has 7 heteroatoms. The maximum absolute atomic E-state index is 13.1. The highest BCUT2D eigenvalue weighted by atomic mass is 16.3. The van der Waals surface area contributed by atoms with Gasteiger partial charge < -0.3 is 19.5 Å². The summed E-state index contributed by atoms with van der Waals surface area (Å²) in [5.74, 6) is 0.949. The van der Waals surface area contributed by atoms with Gasteiger partial charge in [-0.25, -0.2) is 4.98 Å². The number of carbonyl (C=O) groups excluding carboxylic acids is 2. The van der Waals surface area contributed by atoms with Crippen molar-refractivity contribution in [1.29, 1.82) is 0 Å². The van der Waals surface area contributed by atoms with Gasteiger partial charge in [0.2, 0.25) is 11.8 Å². The lowest BCUT2D eigenvalue weighted by Crippen LogP contribution is -2.61. The smallest absolute Gasteiger partial charge is 0.248 e. The third kappa shape index (κ3) is 3.07. The minimum Gasteiger partial charge on any atom is -0.395 e. The van der Waals surface area contributed by atoms with Crippen LogP contribution >= 0.6 is 0 Å². The Balaban J connectivity index is 1.51. The molecule has 150 valence electrons. The number of aliphatic hydroxyl groups excluding tert-OH is 1. The largest absolute Gasteiger partial charge is 0.395 e. The number of nitrogens with zero attached hydrogens (tertiary/aromatic N) is 4. The van der Waals surface area contributed by atoms with E-state index in [1.54, 1.807) is 4.90 Å². The lowest BCUT2D eigenvalue weighted by Gasteiger charge is -2.44. The van der Waals surface area contributed by atoms with E-state index >= 15 is 0 Å². The van der Waals surface area contributed by atoms with Gasteiger partial charge in [0.1, 0.15) is 11.4 Å². The SMILES string of the molecule is Cc1nc2ccccc2n1CCC(=O)N1CCCC12CCCN(CCO)C2=O. The number of hydrogen-bond acceptors (Lipinski definition) is 4. The average molecular weight is 384 g/mol. The van der Waals surface area contributed by atoms with Crippen molar-refractivity contribution in [1.82, 2.24) is 19.4 Å². The fraction of sp³-hybridized carbons (Fsp3) is 0.571. The number of imidazole rings is 1. The van der Waals surface area contributed by atoms with E-state index in [9.17, 15) is 14.7 Å². The van der Waals surface area contributed by atoms with Crippen molar-refractivity contribution in [3.05, 3.63) is 30.1 Å². The first-order chi connectivity index (χ1) is 13.6. The Morgan fingerprint density at radius 3 is 2.71 bits per heavy atom. The Labute approximate surface area is 164 Å². The van der Waals surface area contributed by atoms with Crippen molar-refractivity contribution < 1.29 is 14.7 Å². The van der Waals surface area contributed by atoms with Crippen LogP contribution in [0, 0.1) is 6.92 Å². The molecule has 1 aromatic carbocycles. The zero-order valence-corrected chi connectivity index (χ0v) is 16.4. The molecule has 0 saturated carbocycles. The molecule has 1 atom stereocenters. The molecule has 1 aromatic heterocycles. The summed E-state index contributed by atoms with van der Waals surface area (Å²) in [4.78, 5) is 34.4. The van der Waals surface area contributed by atoms with Gasteiger partial charge in [-0.15, -0.1) is 0 Å². The number of aliphatic hydroxyl groups is 1. The number of aryl methyl sites for hydroxylation is 2. The number of hydrogen-bond donors (Lipinski definition) is 1. The van der Waals surface area contributed by atoms with Gasteiger partial charge in [-0.05, 0) is 44.7 Å². The van der Waals surface area contributed by atoms with Gasteiger partial charge in [0.15, 0.2) is 0 Å². The molecule has 0 aliphatic carbocycles. The topological polar surface area (TPSA) is 78.7 Å². The molecule has 3 heterocycles. The second-order valence-corrected chi connectivity index (χ2v) is 7.85. The molecular weight excluding hydrogens is 356 g/mol. The predicted molar refractivity (Wildman–Crippen MR) is 106 cm³/mol. The number of likely N-dealkylation sites (tertiary alicyclic amines) is 2. The van der Waals surface area contributed by atoms with Crippen molar-refractivity contribution in [2.75, 3.05) is 26.2 Å². The van der Waals surface area contributed by atoms with Crippen molar-refractivity contribution >= 4 is 22.8 Å². The van der Waals surface area contributed by atoms with Crippen molar-refractivity contribution in [2.45, 2.75) is 51.1 Å². The molecule has 2 aliphatic heterocycles. The molecule has 2 aromatic rings. The summed E-state index contributed by atoms with van der Waals surface area (Å²) in [6.07, 6.45) is 3.55. The van der Waals surface area contributed by atoms with Crippen LogP contribution in [0.3, 0.4) is 0 Å². The summed E-state index contributed by atoms with van der Waals surface area (Å²) in [6.45, 7) is 4.14. The molecule has 7 nitrogen and oxygen atoms in total. The summed E-state index contributed by atoms with van der Waals surface area (Å²) in [7, 11) is 0. The zero-order valence-electron chi connectivity index (χ0n) is 16.4. The van der Waals surface area contributed by atoms with Crippen molar-refractivity contribution in [2.24, 2.45) is 0 Å². The predicted octanol–water partition coefficient (Wildman–Crippen LogP) is 1.71. The molecule has 1 unspecified atom stereocenters. The Hall–Kier alpha value is -2.41. The summed E-state index contributed by atoms with van der Waals surface area (Å²) < 4.78 is 2.08. The van der Waals surface area contributed by atoms with Crippen LogP contribution in [-0.4, -0.2) is 68.1 Å². The van der Waals surface area contributed by atoms with Crippen LogP contribution in [-0.2, 0) is 16.1 Å². The van der Waals surface area contributed by atoms with E-state index in [1.165, 1.54) is 0 Å². The molecule has 2 aliphatic rings. The second-order valence-electron chi connectivity index (χ2n) is 7.85. The second kappa shape index (κ2) is 7.54. The van der Waals surface area contributed by atoms with Crippen LogP contribution in [0.15, 0.2) is 24.3 Å². The fourth-order valence-electron chi connectivity index (χ4n) is 4.94. The van der Waals surface area contributed by atoms with Gasteiger partial charge >= 0.3 is 0 Å². The molecule has 0 radical (unpaired) electrons. The van der Waals surface area contributed by atoms with E-state index in [-0.39, 0.29) is 18.4 Å². The first-order valence-corrected chi connectivity index (χ1v) is 10.2. The molecular formula is C21H28N4O3. The molecule has 2 saturated heterocycles. The van der Waals surface area contributed by atoms with E-state index in [0.29, 0.717) is 32.6 Å². The third-order valence-corrected chi connectivity index (χ3v) is 6.26. The number of β-amino-alcohol motifs (C(OH)–C–C–N with tert-alkyl or cyclic N) is 1. The Morgan fingerprint density at radius 2 is 1.93 bits per heavy atom. The molecule has 0 bridgehead atoms. The van der Waals surface area contributed by atoms with Crippen LogP contribution in [0.1, 0.15) is 37.9 Å². The normalized spacial score (nSPS) is 22.6. The zero-order chi connectivity index (χ0) is 19.7. The summed E-state index contributed by atoms with van der Waals surface area (Å²) in [5.41, 5.74) is 1.27. The summed E-state index contributed by atoms with van der Waals surface area (Å²) in [6, 6.07) is 7.94. The molecule has 2 fully saturated rings. The number of amides is 2. The Bertz CT molecular complexity index is 891. The standard InChI is InChI=1S/C21H28N4O3/c1-16-22-17-6-2-3-7-18(17)24(16)13-8-19(27)25-12-5-10-21(25)9-4-11-23(14-15-26)20(21)28/h2-3,6-7,26H,4-5,8-15H2,1H3. The van der Waals surface area contributed by atoms with Gasteiger partial charge in [0.05, 0.1) is 17.6 Å². The number of piperidine rings is 1. The number of fused-ring (bicyclic) bond motifs is 1. The molecule has 4 rings (SSSR count). The summed E-state index contributed by atoms with van der Waals surface area (Å²) >= 11 is 0. The molecule has 1 spiro atoms. The lowest BCUT2D eigenvalue weighted by atomic mass is 9.85. The highest BCUT2D eigenvalue weighted by molar-refractivity contribution is 5.92. The summed E-state index contributed by atoms with van der Waals surface area (Å²) in [5, 5.41) is 9.26. The van der Waals surface area contributed by atoms with Gasteiger partial charge in [-0.1, -0.05) is 12.1 Å². The highest BCUT2D eigenvalue weighted by Crippen LogP contribution is 2.38. The number of rotatable bonds is 5. The van der Waals surface area contributed by atoms with E-state index < -0.39 is 5.54 Å². The van der Waals surface area contributed by atoms with Gasteiger partial charge in [0, 0.05) is 32.6 Å². The van der Waals surface area contributed by atoms with Gasteiger partial charge in [0.25, 0.3) is 0 Å². The van der Waals surface area contributed by atoms with E-state index in [4.69, 9.17) is 0 Å². The first-order valence-electron chi connectivity index (χ1n) is 10.2. The Kier molecular flexibility index (Phi) is 5.10. The molecule has 1 N–H and O–H groups in total. The maximum Gasteiger partial charge on any atom is 0.248 e. The minimum atomic E-state index is -0.698. The number of aromatic nitrogens is 2. The first kappa shape index (κ1) is 18.9. The van der Waals surface area contributed by atoms with Gasteiger partial charge in [-0.2, -0.15) is 0 Å². The lowest BCUT2D eigenvalue weighted by molar-refractivity contribution is -0.155. The van der Waals surface area contributed by atoms with Gasteiger partial charge in [-0.3, -0.25) is 9.59 Å². The van der Waals surface area contributed by atoms with E-state index in [2.05, 4.69) is 9.55 Å². The van der Waals surface area contributed by atoms with Crippen molar-refractivity contribution in [3.63, 3.8) is 0 Å². The monoisotopic (exact) mass is 384 g/mol. The number of benzene rings is 1. The molecule has 28 heavy (non-hydrogen) atoms. The van der Waals surface area contributed by atoms with E-state index in [1.807, 2.05) is 36.1 Å². The quantitative estimate of drug-likeness (QED) is 0.851. The Morgan fingerprint density at radius 1 is 1.18 bits per heavy atom. The van der Waals surface area contributed by atoms with Crippen LogP contribution in [0.2, 0.25) is 0 Å². The molecule has 2 amide bonds. The maximum atomic E-state index is 13.1. The van der Waals surface area contributed by atoms with Crippen LogP contribution in [0.25, 0.3) is 11.0 Å². The van der Waals surface area contributed by atoms with E-state index in [0.717, 1.165) is 42.5 Å². The fourth-order valence-corrected chi connectivity index (χ4v) is 4.94. The third-order valence-electron chi connectivity index (χ3n) is 6.26.